The molecule has 2 amide bonds. The van der Waals surface area contributed by atoms with Gasteiger partial charge in [-0.25, -0.2) is 0 Å². The van der Waals surface area contributed by atoms with Crippen LogP contribution in [-0.4, -0.2) is 11.8 Å². The number of halogens is 1. The van der Waals surface area contributed by atoms with Gasteiger partial charge in [0.05, 0.1) is 5.69 Å². The smallest absolute Gasteiger partial charge is 0.234 e. The average molecular weight is 296 g/mol. The summed E-state index contributed by atoms with van der Waals surface area (Å²) in [6.45, 7) is 3.83. The van der Waals surface area contributed by atoms with E-state index in [9.17, 15) is 9.59 Å². The zero-order valence-electron chi connectivity index (χ0n) is 9.87. The molecule has 0 aromatic heterocycles. The molecule has 17 heavy (non-hydrogen) atoms. The van der Waals surface area contributed by atoms with Gasteiger partial charge in [-0.3, -0.25) is 14.5 Å². The monoisotopic (exact) mass is 295 g/mol. The molecule has 1 saturated heterocycles. The summed E-state index contributed by atoms with van der Waals surface area (Å²) in [6, 6.07) is 5.62. The summed E-state index contributed by atoms with van der Waals surface area (Å²) in [5, 5.41) is 0. The number of nitrogens with zero attached hydrogens (tertiary/aromatic N) is 1. The molecule has 1 heterocycles. The van der Waals surface area contributed by atoms with Crippen molar-refractivity contribution in [1.29, 1.82) is 0 Å². The third-order valence-electron chi connectivity index (χ3n) is 2.96. The van der Waals surface area contributed by atoms with Crippen molar-refractivity contribution in [3.63, 3.8) is 0 Å². The average Bonchev–Trinajstić information content (AvgIpc) is 2.21. The first-order valence-electron chi connectivity index (χ1n) is 5.61. The topological polar surface area (TPSA) is 37.4 Å². The van der Waals surface area contributed by atoms with Crippen molar-refractivity contribution < 1.29 is 9.59 Å². The molecule has 1 aliphatic rings. The third kappa shape index (κ3) is 2.41. The van der Waals surface area contributed by atoms with Gasteiger partial charge in [-0.2, -0.15) is 0 Å². The Morgan fingerprint density at radius 3 is 2.41 bits per heavy atom. The molecule has 0 bridgehead atoms. The van der Waals surface area contributed by atoms with Gasteiger partial charge in [0.25, 0.3) is 0 Å². The fourth-order valence-corrected chi connectivity index (χ4v) is 2.43. The predicted octanol–water partition coefficient (Wildman–Crippen LogP) is 3.05. The zero-order valence-corrected chi connectivity index (χ0v) is 11.5. The molecule has 1 fully saturated rings. The summed E-state index contributed by atoms with van der Waals surface area (Å²) in [6.07, 6.45) is 0.884. The van der Waals surface area contributed by atoms with E-state index in [-0.39, 0.29) is 17.7 Å². The molecule has 2 rings (SSSR count). The van der Waals surface area contributed by atoms with Gasteiger partial charge in [0.1, 0.15) is 0 Å². The van der Waals surface area contributed by atoms with E-state index in [2.05, 4.69) is 15.9 Å². The number of piperidine rings is 1. The number of carbonyl (C=O) groups is 2. The van der Waals surface area contributed by atoms with Gasteiger partial charge in [-0.1, -0.05) is 28.9 Å². The molecule has 0 spiro atoms. The Bertz CT molecular complexity index is 466. The first kappa shape index (κ1) is 12.3. The maximum absolute atomic E-state index is 12.0. The van der Waals surface area contributed by atoms with Gasteiger partial charge >= 0.3 is 0 Å². The largest absolute Gasteiger partial charge is 0.274 e. The first-order valence-corrected chi connectivity index (χ1v) is 6.40. The summed E-state index contributed by atoms with van der Waals surface area (Å²) in [7, 11) is 0. The van der Waals surface area contributed by atoms with E-state index in [1.807, 2.05) is 32.0 Å². The normalized spacial score (nSPS) is 17.7. The van der Waals surface area contributed by atoms with Crippen LogP contribution >= 0.6 is 15.9 Å². The van der Waals surface area contributed by atoms with E-state index in [0.717, 1.165) is 10.0 Å². The van der Waals surface area contributed by atoms with E-state index >= 15 is 0 Å². The van der Waals surface area contributed by atoms with Crippen molar-refractivity contribution >= 4 is 33.4 Å². The van der Waals surface area contributed by atoms with Crippen LogP contribution in [0.4, 0.5) is 5.69 Å². The molecule has 0 N–H and O–H groups in total. The summed E-state index contributed by atoms with van der Waals surface area (Å²) in [5.41, 5.74) is 1.63. The number of carbonyl (C=O) groups excluding carboxylic acids is 2. The van der Waals surface area contributed by atoms with Crippen LogP contribution in [0.25, 0.3) is 0 Å². The molecule has 1 aromatic carbocycles. The molecule has 0 atom stereocenters. The van der Waals surface area contributed by atoms with Crippen LogP contribution in [0.2, 0.25) is 0 Å². The van der Waals surface area contributed by atoms with Crippen LogP contribution in [0.1, 0.15) is 25.3 Å². The van der Waals surface area contributed by atoms with Gasteiger partial charge in [0, 0.05) is 17.3 Å². The molecule has 0 aliphatic carbocycles. The molecule has 1 aliphatic heterocycles. The lowest BCUT2D eigenvalue weighted by atomic mass is 9.97. The van der Waals surface area contributed by atoms with Crippen LogP contribution in [-0.2, 0) is 9.59 Å². The number of aryl methyl sites for hydroxylation is 1. The van der Waals surface area contributed by atoms with Crippen molar-refractivity contribution in [2.75, 3.05) is 4.90 Å². The summed E-state index contributed by atoms with van der Waals surface area (Å²) < 4.78 is 0.873. The number of anilines is 1. The minimum atomic E-state index is -0.102. The third-order valence-corrected chi connectivity index (χ3v) is 3.45. The van der Waals surface area contributed by atoms with Gasteiger partial charge in [0.2, 0.25) is 11.8 Å². The SMILES string of the molecule is Cc1ccc(Br)cc1N1C(=O)CC(C)CC1=O. The summed E-state index contributed by atoms with van der Waals surface area (Å²) in [4.78, 5) is 25.3. The number of hydrogen-bond acceptors (Lipinski definition) is 2. The van der Waals surface area contributed by atoms with Crippen molar-refractivity contribution in [3.8, 4) is 0 Å². The van der Waals surface area contributed by atoms with Crippen LogP contribution < -0.4 is 4.90 Å². The Labute approximate surface area is 109 Å². The summed E-state index contributed by atoms with van der Waals surface area (Å²) in [5.74, 6) is -0.0522. The molecule has 90 valence electrons. The first-order chi connectivity index (χ1) is 7.99. The fourth-order valence-electron chi connectivity index (χ4n) is 2.08. The maximum Gasteiger partial charge on any atom is 0.234 e. The predicted molar refractivity (Wildman–Crippen MR) is 69.8 cm³/mol. The van der Waals surface area contributed by atoms with E-state index in [1.54, 1.807) is 0 Å². The van der Waals surface area contributed by atoms with Crippen LogP contribution in [0.5, 0.6) is 0 Å². The van der Waals surface area contributed by atoms with Crippen LogP contribution in [0.3, 0.4) is 0 Å². The van der Waals surface area contributed by atoms with E-state index in [1.165, 1.54) is 4.90 Å². The highest BCUT2D eigenvalue weighted by atomic mass is 79.9. The Morgan fingerprint density at radius 1 is 1.24 bits per heavy atom. The van der Waals surface area contributed by atoms with Crippen molar-refractivity contribution in [1.82, 2.24) is 0 Å². The highest BCUT2D eigenvalue weighted by Crippen LogP contribution is 2.29. The molecular weight excluding hydrogens is 282 g/mol. The number of rotatable bonds is 1. The highest BCUT2D eigenvalue weighted by Gasteiger charge is 2.32. The number of amides is 2. The zero-order chi connectivity index (χ0) is 12.6. The Kier molecular flexibility index (Phi) is 3.33. The van der Waals surface area contributed by atoms with E-state index < -0.39 is 0 Å². The van der Waals surface area contributed by atoms with E-state index in [0.29, 0.717) is 18.5 Å². The van der Waals surface area contributed by atoms with Gasteiger partial charge < -0.3 is 0 Å². The number of hydrogen-bond donors (Lipinski definition) is 0. The molecule has 0 radical (unpaired) electrons. The highest BCUT2D eigenvalue weighted by molar-refractivity contribution is 9.10. The Morgan fingerprint density at radius 2 is 1.82 bits per heavy atom. The lowest BCUT2D eigenvalue weighted by Gasteiger charge is -2.29. The van der Waals surface area contributed by atoms with Gasteiger partial charge in [0.15, 0.2) is 0 Å². The number of imide groups is 1. The lowest BCUT2D eigenvalue weighted by Crippen LogP contribution is -2.43. The summed E-state index contributed by atoms with van der Waals surface area (Å²) >= 11 is 3.37. The lowest BCUT2D eigenvalue weighted by molar-refractivity contribution is -0.130. The van der Waals surface area contributed by atoms with Crippen molar-refractivity contribution in [3.05, 3.63) is 28.2 Å². The van der Waals surface area contributed by atoms with Crippen LogP contribution in [0.15, 0.2) is 22.7 Å². The minimum absolute atomic E-state index is 0.102. The minimum Gasteiger partial charge on any atom is -0.274 e. The second kappa shape index (κ2) is 4.61. The Balaban J connectivity index is 2.41. The van der Waals surface area contributed by atoms with E-state index in [4.69, 9.17) is 0 Å². The van der Waals surface area contributed by atoms with Crippen LogP contribution in [0, 0.1) is 12.8 Å². The maximum atomic E-state index is 12.0. The Hall–Kier alpha value is -1.16. The number of benzene rings is 1. The molecular formula is C13H14BrNO2. The quantitative estimate of drug-likeness (QED) is 0.747. The molecule has 4 heteroatoms. The molecule has 3 nitrogen and oxygen atoms in total. The van der Waals surface area contributed by atoms with Crippen molar-refractivity contribution in [2.45, 2.75) is 26.7 Å². The van der Waals surface area contributed by atoms with Gasteiger partial charge in [-0.05, 0) is 30.5 Å². The molecule has 1 aromatic rings. The molecule has 0 unspecified atom stereocenters. The molecule has 0 saturated carbocycles. The van der Waals surface area contributed by atoms with Gasteiger partial charge in [-0.15, -0.1) is 0 Å². The second-order valence-corrected chi connectivity index (χ2v) is 5.48. The fraction of sp³-hybridized carbons (Fsp3) is 0.385. The van der Waals surface area contributed by atoms with Crippen molar-refractivity contribution in [2.24, 2.45) is 5.92 Å². The standard InChI is InChI=1S/C13H14BrNO2/c1-8-5-12(16)15(13(17)6-8)11-7-10(14)4-3-9(11)2/h3-4,7-8H,5-6H2,1-2H3. The second-order valence-electron chi connectivity index (χ2n) is 4.57.